The zero-order valence-corrected chi connectivity index (χ0v) is 15.3. The smallest absolute Gasteiger partial charge is 0.251 e. The molecule has 0 saturated carbocycles. The van der Waals surface area contributed by atoms with Gasteiger partial charge in [0.1, 0.15) is 0 Å². The van der Waals surface area contributed by atoms with Crippen LogP contribution in [-0.2, 0) is 4.79 Å². The molecule has 2 rings (SSSR count). The predicted octanol–water partition coefficient (Wildman–Crippen LogP) is 2.27. The summed E-state index contributed by atoms with van der Waals surface area (Å²) in [6.45, 7) is 5.27. The van der Waals surface area contributed by atoms with E-state index in [1.807, 2.05) is 43.0 Å². The van der Waals surface area contributed by atoms with Gasteiger partial charge in [0.2, 0.25) is 5.91 Å². The number of aryl methyl sites for hydroxylation is 1. The molecule has 1 fully saturated rings. The number of piperidine rings is 1. The maximum Gasteiger partial charge on any atom is 0.251 e. The molecular weight excluding hydrogens is 326 g/mol. The minimum atomic E-state index is -0.0233. The largest absolute Gasteiger partial charge is 0.349 e. The maximum absolute atomic E-state index is 12.3. The minimum Gasteiger partial charge on any atom is -0.349 e. The molecule has 0 aromatic heterocycles. The van der Waals surface area contributed by atoms with Crippen LogP contribution in [0.3, 0.4) is 0 Å². The van der Waals surface area contributed by atoms with Gasteiger partial charge in [-0.25, -0.2) is 0 Å². The van der Waals surface area contributed by atoms with E-state index in [1.165, 1.54) is 0 Å². The van der Waals surface area contributed by atoms with Crippen LogP contribution in [0.4, 0.5) is 0 Å². The van der Waals surface area contributed by atoms with E-state index < -0.39 is 0 Å². The van der Waals surface area contributed by atoms with Gasteiger partial charge < -0.3 is 16.0 Å². The Hall–Kier alpha value is -1.59. The highest BCUT2D eigenvalue weighted by Gasteiger charge is 2.24. The molecule has 6 heteroatoms. The first-order chi connectivity index (χ1) is 11.0. The summed E-state index contributed by atoms with van der Waals surface area (Å²) in [4.78, 5) is 26.3. The van der Waals surface area contributed by atoms with Crippen molar-refractivity contribution in [2.75, 3.05) is 13.1 Å². The topological polar surface area (TPSA) is 75.4 Å². The molecule has 3 N–H and O–H groups in total. The lowest BCUT2D eigenvalue weighted by Crippen LogP contribution is -2.46. The van der Waals surface area contributed by atoms with E-state index in [0.29, 0.717) is 19.5 Å². The second-order valence-corrected chi connectivity index (χ2v) is 6.46. The zero-order chi connectivity index (χ0) is 16.8. The van der Waals surface area contributed by atoms with Crippen LogP contribution in [0.1, 0.15) is 48.5 Å². The number of halogens is 1. The third-order valence-electron chi connectivity index (χ3n) is 4.39. The van der Waals surface area contributed by atoms with Gasteiger partial charge in [-0.05, 0) is 44.7 Å². The molecule has 1 aliphatic rings. The molecule has 1 atom stereocenters. The summed E-state index contributed by atoms with van der Waals surface area (Å²) in [5.74, 6) is 0.149. The van der Waals surface area contributed by atoms with Gasteiger partial charge in [-0.2, -0.15) is 0 Å². The normalized spacial score (nSPS) is 16.2. The lowest BCUT2D eigenvalue weighted by Gasteiger charge is -2.32. The third-order valence-corrected chi connectivity index (χ3v) is 4.39. The highest BCUT2D eigenvalue weighted by atomic mass is 35.5. The Kier molecular flexibility index (Phi) is 8.22. The van der Waals surface area contributed by atoms with Crippen LogP contribution in [0.15, 0.2) is 24.3 Å². The van der Waals surface area contributed by atoms with Gasteiger partial charge in [-0.1, -0.05) is 18.2 Å². The molecule has 1 heterocycles. The van der Waals surface area contributed by atoms with Gasteiger partial charge in [-0.3, -0.25) is 9.59 Å². The summed E-state index contributed by atoms with van der Waals surface area (Å²) in [5.41, 5.74) is 7.40. The fourth-order valence-electron chi connectivity index (χ4n) is 2.87. The van der Waals surface area contributed by atoms with Crippen LogP contribution < -0.4 is 11.1 Å². The number of likely N-dealkylation sites (tertiary alicyclic amines) is 1. The molecule has 5 nitrogen and oxygen atoms in total. The molecule has 134 valence electrons. The number of nitrogens with zero attached hydrogens (tertiary/aromatic N) is 1. The molecular formula is C18H28ClN3O2. The van der Waals surface area contributed by atoms with Gasteiger partial charge >= 0.3 is 0 Å². The Morgan fingerprint density at radius 3 is 2.50 bits per heavy atom. The minimum absolute atomic E-state index is 0. The first kappa shape index (κ1) is 20.5. The molecule has 2 amide bonds. The summed E-state index contributed by atoms with van der Waals surface area (Å²) in [5, 5.41) is 3.09. The zero-order valence-electron chi connectivity index (χ0n) is 14.5. The van der Waals surface area contributed by atoms with Crippen LogP contribution in [0.2, 0.25) is 0 Å². The van der Waals surface area contributed by atoms with Gasteiger partial charge in [0.15, 0.2) is 0 Å². The van der Waals surface area contributed by atoms with E-state index in [1.54, 1.807) is 0 Å². The van der Waals surface area contributed by atoms with Crippen molar-refractivity contribution in [2.24, 2.45) is 5.73 Å². The average Bonchev–Trinajstić information content (AvgIpc) is 2.53. The van der Waals surface area contributed by atoms with Gasteiger partial charge in [-0.15, -0.1) is 12.4 Å². The molecule has 0 spiro atoms. The molecule has 0 radical (unpaired) electrons. The number of hydrogen-bond donors (Lipinski definition) is 2. The van der Waals surface area contributed by atoms with E-state index in [0.717, 1.165) is 30.4 Å². The van der Waals surface area contributed by atoms with Gasteiger partial charge in [0.05, 0.1) is 0 Å². The summed E-state index contributed by atoms with van der Waals surface area (Å²) < 4.78 is 0. The van der Waals surface area contributed by atoms with Crippen LogP contribution in [-0.4, -0.2) is 41.9 Å². The van der Waals surface area contributed by atoms with Crippen LogP contribution in [0.5, 0.6) is 0 Å². The third kappa shape index (κ3) is 5.80. The van der Waals surface area contributed by atoms with Crippen molar-refractivity contribution >= 4 is 24.2 Å². The summed E-state index contributed by atoms with van der Waals surface area (Å²) >= 11 is 0. The molecule has 1 aromatic rings. The predicted molar refractivity (Wildman–Crippen MR) is 98.4 cm³/mol. The van der Waals surface area contributed by atoms with E-state index in [-0.39, 0.29) is 36.3 Å². The van der Waals surface area contributed by atoms with Crippen LogP contribution in [0.25, 0.3) is 0 Å². The second-order valence-electron chi connectivity index (χ2n) is 6.46. The van der Waals surface area contributed by atoms with E-state index in [2.05, 4.69) is 5.32 Å². The molecule has 0 aliphatic carbocycles. The number of carbonyl (C=O) groups excluding carboxylic acids is 2. The van der Waals surface area contributed by atoms with Gasteiger partial charge in [0, 0.05) is 37.2 Å². The van der Waals surface area contributed by atoms with E-state index in [9.17, 15) is 9.59 Å². The van der Waals surface area contributed by atoms with Crippen molar-refractivity contribution in [3.63, 3.8) is 0 Å². The van der Waals surface area contributed by atoms with Crippen molar-refractivity contribution < 1.29 is 9.59 Å². The molecule has 1 aromatic carbocycles. The van der Waals surface area contributed by atoms with Crippen molar-refractivity contribution in [2.45, 2.75) is 51.6 Å². The Balaban J connectivity index is 0.00000288. The fourth-order valence-corrected chi connectivity index (χ4v) is 2.87. The second kappa shape index (κ2) is 9.64. The molecule has 24 heavy (non-hydrogen) atoms. The Labute approximate surface area is 150 Å². The molecule has 1 saturated heterocycles. The molecule has 1 unspecified atom stereocenters. The number of nitrogens with two attached hydrogens (primary N) is 1. The number of nitrogens with one attached hydrogen (secondary N) is 1. The first-order valence-corrected chi connectivity index (χ1v) is 8.37. The highest BCUT2D eigenvalue weighted by Crippen LogP contribution is 2.14. The van der Waals surface area contributed by atoms with Crippen molar-refractivity contribution in [3.05, 3.63) is 35.4 Å². The number of carbonyl (C=O) groups is 2. The van der Waals surface area contributed by atoms with Crippen LogP contribution in [0, 0.1) is 6.92 Å². The number of rotatable bonds is 5. The SMILES string of the molecule is Cc1ccccc1C(=O)NC1CCN(C(=O)CCC(C)N)CC1.Cl. The summed E-state index contributed by atoms with van der Waals surface area (Å²) in [7, 11) is 0. The van der Waals surface area contributed by atoms with E-state index >= 15 is 0 Å². The monoisotopic (exact) mass is 353 g/mol. The molecule has 1 aliphatic heterocycles. The Morgan fingerprint density at radius 2 is 1.92 bits per heavy atom. The quantitative estimate of drug-likeness (QED) is 0.852. The lowest BCUT2D eigenvalue weighted by atomic mass is 10.0. The lowest BCUT2D eigenvalue weighted by molar-refractivity contribution is -0.132. The first-order valence-electron chi connectivity index (χ1n) is 8.37. The van der Waals surface area contributed by atoms with Crippen molar-refractivity contribution in [1.82, 2.24) is 10.2 Å². The van der Waals surface area contributed by atoms with Crippen molar-refractivity contribution in [1.29, 1.82) is 0 Å². The standard InChI is InChI=1S/C18H27N3O2.ClH/c1-13-5-3-4-6-16(13)18(23)20-15-9-11-21(12-10-15)17(22)8-7-14(2)19;/h3-6,14-15H,7-12,19H2,1-2H3,(H,20,23);1H. The molecule has 0 bridgehead atoms. The van der Waals surface area contributed by atoms with Crippen molar-refractivity contribution in [3.8, 4) is 0 Å². The maximum atomic E-state index is 12.3. The number of hydrogen-bond acceptors (Lipinski definition) is 3. The number of amides is 2. The highest BCUT2D eigenvalue weighted by molar-refractivity contribution is 5.95. The van der Waals surface area contributed by atoms with Gasteiger partial charge in [0.25, 0.3) is 5.91 Å². The Bertz CT molecular complexity index is 555. The summed E-state index contributed by atoms with van der Waals surface area (Å²) in [6, 6.07) is 7.79. The number of benzene rings is 1. The van der Waals surface area contributed by atoms with Crippen LogP contribution >= 0.6 is 12.4 Å². The average molecular weight is 354 g/mol. The summed E-state index contributed by atoms with van der Waals surface area (Å²) in [6.07, 6.45) is 2.85. The Morgan fingerprint density at radius 1 is 1.29 bits per heavy atom. The van der Waals surface area contributed by atoms with E-state index in [4.69, 9.17) is 5.73 Å². The fraction of sp³-hybridized carbons (Fsp3) is 0.556.